The minimum Gasteiger partial charge on any atom is -0.361 e. The van der Waals surface area contributed by atoms with E-state index in [1.54, 1.807) is 20.4 Å². The molecule has 1 aliphatic rings. The number of anilines is 3. The minimum absolute atomic E-state index is 0.350. The highest BCUT2D eigenvalue weighted by molar-refractivity contribution is 7.19. The van der Waals surface area contributed by atoms with Crippen LogP contribution in [-0.4, -0.2) is 43.2 Å². The monoisotopic (exact) mass is 444 g/mol. The summed E-state index contributed by atoms with van der Waals surface area (Å²) < 4.78 is 4.23. The van der Waals surface area contributed by atoms with Crippen LogP contribution in [0.15, 0.2) is 53.5 Å². The molecule has 4 aromatic heterocycles. The standard InChI is InChI=1S/C22H20N8OS/c1-28(2)18-17-19(25-20(32-17)13-9-10-13)30(22(31)26-18)15-7-5-6-14(12-15)23-21-24-16-8-3-4-11-29(16)27-21/h3-8,11-13H,9-10H2,1-2H3,(H,23,27). The minimum atomic E-state index is -0.350. The van der Waals surface area contributed by atoms with E-state index in [9.17, 15) is 4.79 Å². The van der Waals surface area contributed by atoms with Crippen molar-refractivity contribution in [3.63, 3.8) is 0 Å². The van der Waals surface area contributed by atoms with Gasteiger partial charge in [0.1, 0.15) is 4.70 Å². The third-order valence-corrected chi connectivity index (χ3v) is 6.59. The van der Waals surface area contributed by atoms with Gasteiger partial charge in [0.2, 0.25) is 5.95 Å². The summed E-state index contributed by atoms with van der Waals surface area (Å²) in [5.74, 6) is 1.64. The SMILES string of the molecule is CN(C)c1nc(=O)n(-c2cccc(Nc3nc4ccccn4n3)c2)c2nc(C3CC3)sc12. The van der Waals surface area contributed by atoms with Crippen LogP contribution in [0.2, 0.25) is 0 Å². The Hall–Kier alpha value is -3.79. The van der Waals surface area contributed by atoms with Crippen molar-refractivity contribution in [1.82, 2.24) is 29.1 Å². The molecule has 0 atom stereocenters. The van der Waals surface area contributed by atoms with E-state index in [2.05, 4.69) is 20.4 Å². The van der Waals surface area contributed by atoms with Crippen molar-refractivity contribution >= 4 is 44.8 Å². The molecule has 160 valence electrons. The van der Waals surface area contributed by atoms with Gasteiger partial charge in [-0.1, -0.05) is 12.1 Å². The molecule has 0 radical (unpaired) electrons. The molecule has 5 aromatic rings. The number of nitrogens with one attached hydrogen (secondary N) is 1. The van der Waals surface area contributed by atoms with Crippen molar-refractivity contribution < 1.29 is 0 Å². The summed E-state index contributed by atoms with van der Waals surface area (Å²) in [6.45, 7) is 0. The Morgan fingerprint density at radius 1 is 1.09 bits per heavy atom. The van der Waals surface area contributed by atoms with E-state index in [0.29, 0.717) is 29.0 Å². The Bertz CT molecular complexity index is 1500. The van der Waals surface area contributed by atoms with Crippen LogP contribution in [0, 0.1) is 0 Å². The van der Waals surface area contributed by atoms with Gasteiger partial charge in [-0.25, -0.2) is 18.9 Å². The lowest BCUT2D eigenvalue weighted by Crippen LogP contribution is -2.25. The number of hydrogen-bond acceptors (Lipinski definition) is 8. The van der Waals surface area contributed by atoms with Gasteiger partial charge in [0.15, 0.2) is 17.1 Å². The van der Waals surface area contributed by atoms with Crippen molar-refractivity contribution in [2.75, 3.05) is 24.3 Å². The van der Waals surface area contributed by atoms with E-state index in [1.165, 1.54) is 0 Å². The molecular weight excluding hydrogens is 424 g/mol. The Balaban J connectivity index is 1.45. The first-order valence-electron chi connectivity index (χ1n) is 10.4. The first kappa shape index (κ1) is 18.9. The molecule has 1 aliphatic carbocycles. The third kappa shape index (κ3) is 3.19. The fraction of sp³-hybridized carbons (Fsp3) is 0.227. The molecular formula is C22H20N8OS. The molecule has 10 heteroatoms. The molecule has 32 heavy (non-hydrogen) atoms. The maximum Gasteiger partial charge on any atom is 0.355 e. The maximum absolute atomic E-state index is 13.1. The number of aromatic nitrogens is 6. The normalized spacial score (nSPS) is 13.7. The lowest BCUT2D eigenvalue weighted by Gasteiger charge is -2.14. The number of fused-ring (bicyclic) bond motifs is 2. The topological polar surface area (TPSA) is 93.2 Å². The quantitative estimate of drug-likeness (QED) is 0.443. The first-order valence-corrected chi connectivity index (χ1v) is 11.2. The molecule has 0 bridgehead atoms. The van der Waals surface area contributed by atoms with Crippen molar-refractivity contribution in [2.45, 2.75) is 18.8 Å². The van der Waals surface area contributed by atoms with E-state index < -0.39 is 0 Å². The summed E-state index contributed by atoms with van der Waals surface area (Å²) in [5, 5.41) is 8.74. The van der Waals surface area contributed by atoms with Gasteiger partial charge >= 0.3 is 5.69 Å². The van der Waals surface area contributed by atoms with Crippen LogP contribution in [-0.2, 0) is 0 Å². The Morgan fingerprint density at radius 3 is 2.75 bits per heavy atom. The van der Waals surface area contributed by atoms with Gasteiger partial charge in [0.05, 0.1) is 10.7 Å². The second-order valence-corrected chi connectivity index (χ2v) is 9.07. The van der Waals surface area contributed by atoms with Crippen LogP contribution in [0.25, 0.3) is 21.7 Å². The van der Waals surface area contributed by atoms with Crippen molar-refractivity contribution in [3.8, 4) is 5.69 Å². The maximum atomic E-state index is 13.1. The van der Waals surface area contributed by atoms with Crippen LogP contribution in [0.5, 0.6) is 0 Å². The molecule has 1 saturated carbocycles. The Kier molecular flexibility index (Phi) is 4.22. The molecule has 0 unspecified atom stereocenters. The third-order valence-electron chi connectivity index (χ3n) is 5.39. The van der Waals surface area contributed by atoms with E-state index >= 15 is 0 Å². The average molecular weight is 445 g/mol. The smallest absolute Gasteiger partial charge is 0.355 e. The first-order chi connectivity index (χ1) is 15.6. The van der Waals surface area contributed by atoms with E-state index in [4.69, 9.17) is 4.98 Å². The highest BCUT2D eigenvalue weighted by Crippen LogP contribution is 2.44. The van der Waals surface area contributed by atoms with E-state index in [-0.39, 0.29) is 5.69 Å². The van der Waals surface area contributed by atoms with Crippen LogP contribution >= 0.6 is 11.3 Å². The number of rotatable bonds is 5. The molecule has 1 N–H and O–H groups in total. The molecule has 0 saturated heterocycles. The highest BCUT2D eigenvalue weighted by atomic mass is 32.1. The van der Waals surface area contributed by atoms with Gasteiger partial charge < -0.3 is 10.2 Å². The molecule has 0 aliphatic heterocycles. The number of benzene rings is 1. The molecule has 0 spiro atoms. The molecule has 9 nitrogen and oxygen atoms in total. The summed E-state index contributed by atoms with van der Waals surface area (Å²) in [4.78, 5) is 28.7. The van der Waals surface area contributed by atoms with Crippen LogP contribution in [0.3, 0.4) is 0 Å². The molecule has 4 heterocycles. The van der Waals surface area contributed by atoms with E-state index in [1.807, 2.05) is 67.7 Å². The van der Waals surface area contributed by atoms with Gasteiger partial charge in [-0.3, -0.25) is 0 Å². The molecule has 1 aromatic carbocycles. The van der Waals surface area contributed by atoms with Gasteiger partial charge in [0.25, 0.3) is 0 Å². The van der Waals surface area contributed by atoms with Gasteiger partial charge in [0, 0.05) is 31.9 Å². The van der Waals surface area contributed by atoms with Gasteiger partial charge in [-0.15, -0.1) is 16.4 Å². The number of pyridine rings is 1. The molecule has 1 fully saturated rings. The summed E-state index contributed by atoms with van der Waals surface area (Å²) in [7, 11) is 3.79. The predicted octanol–water partition coefficient (Wildman–Crippen LogP) is 3.57. The van der Waals surface area contributed by atoms with Crippen LogP contribution < -0.4 is 15.9 Å². The summed E-state index contributed by atoms with van der Waals surface area (Å²) in [6.07, 6.45) is 4.15. The van der Waals surface area contributed by atoms with Crippen LogP contribution in [0.4, 0.5) is 17.5 Å². The van der Waals surface area contributed by atoms with Crippen LogP contribution in [0.1, 0.15) is 23.8 Å². The lowest BCUT2D eigenvalue weighted by molar-refractivity contribution is 0.921. The van der Waals surface area contributed by atoms with Gasteiger partial charge in [-0.2, -0.15) is 9.97 Å². The second kappa shape index (κ2) is 7.13. The Labute approximate surface area is 187 Å². The number of hydrogen-bond donors (Lipinski definition) is 1. The fourth-order valence-electron chi connectivity index (χ4n) is 3.68. The molecule has 6 rings (SSSR count). The molecule has 0 amide bonds. The summed E-state index contributed by atoms with van der Waals surface area (Å²) in [5.41, 5.74) is 2.52. The van der Waals surface area contributed by atoms with E-state index in [0.717, 1.165) is 33.9 Å². The van der Waals surface area contributed by atoms with Crippen molar-refractivity contribution in [2.24, 2.45) is 0 Å². The summed E-state index contributed by atoms with van der Waals surface area (Å²) >= 11 is 1.64. The zero-order valence-electron chi connectivity index (χ0n) is 17.6. The zero-order valence-corrected chi connectivity index (χ0v) is 18.4. The zero-order chi connectivity index (χ0) is 21.8. The second-order valence-electron chi connectivity index (χ2n) is 8.04. The summed E-state index contributed by atoms with van der Waals surface area (Å²) in [6, 6.07) is 13.3. The highest BCUT2D eigenvalue weighted by Gasteiger charge is 2.29. The number of nitrogens with zero attached hydrogens (tertiary/aromatic N) is 7. The average Bonchev–Trinajstić information content (AvgIpc) is 3.40. The van der Waals surface area contributed by atoms with Crippen molar-refractivity contribution in [3.05, 3.63) is 64.2 Å². The van der Waals surface area contributed by atoms with Crippen molar-refractivity contribution in [1.29, 1.82) is 0 Å². The largest absolute Gasteiger partial charge is 0.361 e. The Morgan fingerprint density at radius 2 is 1.97 bits per heavy atom. The lowest BCUT2D eigenvalue weighted by atomic mass is 10.2. The van der Waals surface area contributed by atoms with Gasteiger partial charge in [-0.05, 0) is 43.2 Å². The predicted molar refractivity (Wildman–Crippen MR) is 126 cm³/mol. The number of thiazole rings is 1. The fourth-order valence-corrected chi connectivity index (χ4v) is 4.98.